The number of carbonyl (C=O) groups is 1. The number of methoxy groups -OCH3 is 1. The molecule has 0 saturated carbocycles. The number of hydrogen-bond acceptors (Lipinski definition) is 3. The molecule has 1 heterocycles. The highest BCUT2D eigenvalue weighted by Crippen LogP contribution is 2.24. The molecule has 0 fully saturated rings. The molecule has 1 aromatic carbocycles. The van der Waals surface area contributed by atoms with Crippen molar-refractivity contribution in [3.63, 3.8) is 0 Å². The maximum Gasteiger partial charge on any atom is 0.172 e. The van der Waals surface area contributed by atoms with Crippen LogP contribution in [0.3, 0.4) is 0 Å². The zero-order valence-electron chi connectivity index (χ0n) is 10.5. The summed E-state index contributed by atoms with van der Waals surface area (Å²) in [6, 6.07) is 8.30. The van der Waals surface area contributed by atoms with Crippen molar-refractivity contribution in [2.45, 2.75) is 25.9 Å². The van der Waals surface area contributed by atoms with Crippen molar-refractivity contribution in [1.82, 2.24) is 4.90 Å². The van der Waals surface area contributed by atoms with Crippen LogP contribution in [0.15, 0.2) is 34.0 Å². The summed E-state index contributed by atoms with van der Waals surface area (Å²) in [5.41, 5.74) is 1.22. The minimum Gasteiger partial charge on any atom is -0.497 e. The number of hydrogen-bond donors (Lipinski definition) is 0. The first-order chi connectivity index (χ1) is 8.60. The van der Waals surface area contributed by atoms with E-state index >= 15 is 0 Å². The summed E-state index contributed by atoms with van der Waals surface area (Å²) in [7, 11) is 1.67. The molecule has 0 bridgehead atoms. The quantitative estimate of drug-likeness (QED) is 0.779. The number of rotatable bonds is 3. The van der Waals surface area contributed by atoms with E-state index < -0.39 is 0 Å². The predicted molar refractivity (Wildman–Crippen MR) is 79.7 cm³/mol. The second kappa shape index (κ2) is 5.73. The SMILES string of the molecule is COc1ccc(CN2C=C(I)C(=O)CC2C)cc1. The Morgan fingerprint density at radius 3 is 2.67 bits per heavy atom. The van der Waals surface area contributed by atoms with Crippen LogP contribution in [0.4, 0.5) is 0 Å². The van der Waals surface area contributed by atoms with Crippen LogP contribution < -0.4 is 4.74 Å². The van der Waals surface area contributed by atoms with E-state index in [4.69, 9.17) is 4.74 Å². The fourth-order valence-corrected chi connectivity index (χ4v) is 2.55. The largest absolute Gasteiger partial charge is 0.497 e. The summed E-state index contributed by atoms with van der Waals surface area (Å²) >= 11 is 2.11. The van der Waals surface area contributed by atoms with Crippen molar-refractivity contribution in [2.75, 3.05) is 7.11 Å². The van der Waals surface area contributed by atoms with Gasteiger partial charge in [0.15, 0.2) is 5.78 Å². The summed E-state index contributed by atoms with van der Waals surface area (Å²) in [5.74, 6) is 1.11. The van der Waals surface area contributed by atoms with Crippen LogP contribution in [0.1, 0.15) is 18.9 Å². The van der Waals surface area contributed by atoms with Crippen LogP contribution >= 0.6 is 22.6 Å². The number of ketones is 1. The zero-order chi connectivity index (χ0) is 13.1. The third kappa shape index (κ3) is 3.04. The van der Waals surface area contributed by atoms with Gasteiger partial charge in [-0.2, -0.15) is 0 Å². The van der Waals surface area contributed by atoms with Gasteiger partial charge in [0.2, 0.25) is 0 Å². The number of allylic oxidation sites excluding steroid dienone is 1. The highest BCUT2D eigenvalue weighted by molar-refractivity contribution is 14.1. The topological polar surface area (TPSA) is 29.5 Å². The first kappa shape index (κ1) is 13.4. The molecule has 0 radical (unpaired) electrons. The third-order valence-electron chi connectivity index (χ3n) is 3.12. The van der Waals surface area contributed by atoms with Crippen molar-refractivity contribution in [2.24, 2.45) is 0 Å². The van der Waals surface area contributed by atoms with Gasteiger partial charge in [-0.3, -0.25) is 4.79 Å². The maximum atomic E-state index is 11.6. The highest BCUT2D eigenvalue weighted by Gasteiger charge is 2.22. The van der Waals surface area contributed by atoms with E-state index in [0.717, 1.165) is 15.9 Å². The minimum atomic E-state index is 0.245. The molecule has 0 aromatic heterocycles. The van der Waals surface area contributed by atoms with Crippen molar-refractivity contribution in [3.8, 4) is 5.75 Å². The van der Waals surface area contributed by atoms with Gasteiger partial charge in [0.05, 0.1) is 10.7 Å². The van der Waals surface area contributed by atoms with Gasteiger partial charge in [-0.05, 0) is 47.2 Å². The van der Waals surface area contributed by atoms with Gasteiger partial charge < -0.3 is 9.64 Å². The van der Waals surface area contributed by atoms with Crippen LogP contribution in [-0.2, 0) is 11.3 Å². The molecule has 1 aliphatic rings. The van der Waals surface area contributed by atoms with E-state index in [1.165, 1.54) is 5.56 Å². The molecule has 18 heavy (non-hydrogen) atoms. The Morgan fingerprint density at radius 2 is 2.06 bits per heavy atom. The molecule has 1 atom stereocenters. The Balaban J connectivity index is 2.10. The lowest BCUT2D eigenvalue weighted by Crippen LogP contribution is -2.34. The van der Waals surface area contributed by atoms with Gasteiger partial charge in [-0.15, -0.1) is 0 Å². The molecular formula is C14H16INO2. The molecule has 2 rings (SSSR count). The van der Waals surface area contributed by atoms with Gasteiger partial charge in [0.1, 0.15) is 5.75 Å². The molecule has 3 nitrogen and oxygen atoms in total. The highest BCUT2D eigenvalue weighted by atomic mass is 127. The molecule has 0 amide bonds. The van der Waals surface area contributed by atoms with Gasteiger partial charge in [-0.25, -0.2) is 0 Å². The van der Waals surface area contributed by atoms with E-state index in [1.54, 1.807) is 7.11 Å². The average Bonchev–Trinajstić information content (AvgIpc) is 2.37. The first-order valence-electron chi connectivity index (χ1n) is 5.89. The van der Waals surface area contributed by atoms with E-state index in [2.05, 4.69) is 46.5 Å². The monoisotopic (exact) mass is 357 g/mol. The number of Topliss-reactive ketones (excluding diaryl/α,β-unsaturated/α-hetero) is 1. The lowest BCUT2D eigenvalue weighted by atomic mass is 10.1. The van der Waals surface area contributed by atoms with Crippen LogP contribution in [0.2, 0.25) is 0 Å². The summed E-state index contributed by atoms with van der Waals surface area (Å²) in [5, 5.41) is 0. The third-order valence-corrected chi connectivity index (χ3v) is 4.00. The zero-order valence-corrected chi connectivity index (χ0v) is 12.7. The number of benzene rings is 1. The van der Waals surface area contributed by atoms with E-state index in [9.17, 15) is 4.79 Å². The molecule has 1 aliphatic heterocycles. The number of halogens is 1. The Morgan fingerprint density at radius 1 is 1.39 bits per heavy atom. The lowest BCUT2D eigenvalue weighted by Gasteiger charge is -2.31. The Hall–Kier alpha value is -1.04. The Kier molecular flexibility index (Phi) is 4.27. The van der Waals surface area contributed by atoms with Crippen LogP contribution in [0, 0.1) is 0 Å². The van der Waals surface area contributed by atoms with Crippen molar-refractivity contribution < 1.29 is 9.53 Å². The maximum absolute atomic E-state index is 11.6. The van der Waals surface area contributed by atoms with Gasteiger partial charge in [0.25, 0.3) is 0 Å². The molecule has 0 aliphatic carbocycles. The molecule has 1 unspecified atom stereocenters. The van der Waals surface area contributed by atoms with E-state index in [-0.39, 0.29) is 11.8 Å². The van der Waals surface area contributed by atoms with Crippen LogP contribution in [-0.4, -0.2) is 23.8 Å². The first-order valence-corrected chi connectivity index (χ1v) is 6.97. The molecule has 0 spiro atoms. The average molecular weight is 357 g/mol. The van der Waals surface area contributed by atoms with Gasteiger partial charge in [-0.1, -0.05) is 12.1 Å². The summed E-state index contributed by atoms with van der Waals surface area (Å²) in [6.45, 7) is 2.91. The van der Waals surface area contributed by atoms with Gasteiger partial charge in [0, 0.05) is 25.2 Å². The Bertz CT molecular complexity index is 467. The molecular weight excluding hydrogens is 341 g/mol. The second-order valence-corrected chi connectivity index (χ2v) is 5.64. The molecule has 0 saturated heterocycles. The predicted octanol–water partition coefficient (Wildman–Crippen LogP) is 3.13. The molecule has 4 heteroatoms. The normalized spacial score (nSPS) is 19.7. The van der Waals surface area contributed by atoms with E-state index in [1.807, 2.05) is 18.3 Å². The minimum absolute atomic E-state index is 0.245. The summed E-state index contributed by atoms with van der Waals surface area (Å²) in [6.07, 6.45) is 2.56. The lowest BCUT2D eigenvalue weighted by molar-refractivity contribution is -0.116. The van der Waals surface area contributed by atoms with Gasteiger partial charge >= 0.3 is 0 Å². The van der Waals surface area contributed by atoms with Crippen molar-refractivity contribution >= 4 is 28.4 Å². The number of carbonyl (C=O) groups excluding carboxylic acids is 1. The van der Waals surface area contributed by atoms with Crippen molar-refractivity contribution in [3.05, 3.63) is 39.6 Å². The molecule has 96 valence electrons. The standard InChI is InChI=1S/C14H16INO2/c1-10-7-14(17)13(15)9-16(10)8-11-3-5-12(18-2)6-4-11/h3-6,9-10H,7-8H2,1-2H3. The van der Waals surface area contributed by atoms with Crippen molar-refractivity contribution in [1.29, 1.82) is 0 Å². The summed E-state index contributed by atoms with van der Waals surface area (Å²) < 4.78 is 5.96. The summed E-state index contributed by atoms with van der Waals surface area (Å²) in [4.78, 5) is 13.8. The molecule has 1 aromatic rings. The second-order valence-electron chi connectivity index (χ2n) is 4.47. The fourth-order valence-electron chi connectivity index (χ4n) is 1.97. The number of nitrogens with zero attached hydrogens (tertiary/aromatic N) is 1. The molecule has 0 N–H and O–H groups in total. The number of ether oxygens (including phenoxy) is 1. The van der Waals surface area contributed by atoms with E-state index in [0.29, 0.717) is 6.42 Å². The smallest absolute Gasteiger partial charge is 0.172 e. The Labute approximate surface area is 121 Å². The van der Waals surface area contributed by atoms with Crippen LogP contribution in [0.5, 0.6) is 5.75 Å². The fraction of sp³-hybridized carbons (Fsp3) is 0.357. The van der Waals surface area contributed by atoms with Crippen LogP contribution in [0.25, 0.3) is 0 Å².